The van der Waals surface area contributed by atoms with E-state index in [9.17, 15) is 18.0 Å². The number of benzene rings is 3. The standard InChI is InChI=1S/C26H20F3N3O5S2/c1-34-18-10-14(11-19(35-2)23(18)36-3)24-30-31-25(37-24)38-13-22(33)32-16-6-4-5-7-20(16)39-21-9-8-15(12-17(21)32)26(27,28)29/h4-12H,13H2,1-3H3. The highest BCUT2D eigenvalue weighted by atomic mass is 32.2. The lowest BCUT2D eigenvalue weighted by Gasteiger charge is -2.31. The van der Waals surface area contributed by atoms with Crippen LogP contribution in [0.2, 0.25) is 0 Å². The van der Waals surface area contributed by atoms with Gasteiger partial charge in [-0.3, -0.25) is 9.69 Å². The van der Waals surface area contributed by atoms with Gasteiger partial charge >= 0.3 is 6.18 Å². The second-order valence-electron chi connectivity index (χ2n) is 8.06. The summed E-state index contributed by atoms with van der Waals surface area (Å²) in [5, 5.41) is 8.17. The fraction of sp³-hybridized carbons (Fsp3) is 0.192. The van der Waals surface area contributed by atoms with Gasteiger partial charge in [0.2, 0.25) is 17.5 Å². The van der Waals surface area contributed by atoms with Gasteiger partial charge in [-0.15, -0.1) is 10.2 Å². The van der Waals surface area contributed by atoms with E-state index >= 15 is 0 Å². The van der Waals surface area contributed by atoms with Gasteiger partial charge in [-0.2, -0.15) is 13.2 Å². The van der Waals surface area contributed by atoms with Crippen LogP contribution in [0.25, 0.3) is 11.5 Å². The molecule has 1 aliphatic rings. The first-order chi connectivity index (χ1) is 18.7. The van der Waals surface area contributed by atoms with E-state index in [0.29, 0.717) is 33.4 Å². The average molecular weight is 576 g/mol. The summed E-state index contributed by atoms with van der Waals surface area (Å²) in [6, 6.07) is 13.7. The predicted molar refractivity (Wildman–Crippen MR) is 139 cm³/mol. The molecule has 39 heavy (non-hydrogen) atoms. The highest BCUT2D eigenvalue weighted by Crippen LogP contribution is 2.50. The number of anilines is 2. The predicted octanol–water partition coefficient (Wildman–Crippen LogP) is 6.70. The number of methoxy groups -OCH3 is 3. The molecule has 4 aromatic rings. The topological polar surface area (TPSA) is 86.9 Å². The van der Waals surface area contributed by atoms with Crippen molar-refractivity contribution < 1.29 is 36.6 Å². The first-order valence-corrected chi connectivity index (χ1v) is 13.1. The number of hydrogen-bond acceptors (Lipinski definition) is 9. The van der Waals surface area contributed by atoms with Crippen LogP contribution in [0.5, 0.6) is 17.2 Å². The Morgan fingerprint density at radius 1 is 0.949 bits per heavy atom. The third kappa shape index (κ3) is 5.23. The molecule has 0 saturated carbocycles. The Bertz CT molecular complexity index is 1520. The fourth-order valence-electron chi connectivity index (χ4n) is 3.98. The second-order valence-corrected chi connectivity index (χ2v) is 10.1. The monoisotopic (exact) mass is 575 g/mol. The third-order valence-corrected chi connectivity index (χ3v) is 7.67. The first-order valence-electron chi connectivity index (χ1n) is 11.3. The van der Waals surface area contributed by atoms with Gasteiger partial charge < -0.3 is 18.6 Å². The average Bonchev–Trinajstić information content (AvgIpc) is 3.42. The molecule has 0 bridgehead atoms. The zero-order valence-electron chi connectivity index (χ0n) is 20.7. The van der Waals surface area contributed by atoms with Crippen LogP contribution in [0, 0.1) is 0 Å². The smallest absolute Gasteiger partial charge is 0.416 e. The van der Waals surface area contributed by atoms with Gasteiger partial charge in [-0.1, -0.05) is 35.7 Å². The van der Waals surface area contributed by atoms with Crippen LogP contribution in [0.4, 0.5) is 24.5 Å². The number of alkyl halides is 3. The van der Waals surface area contributed by atoms with Crippen molar-refractivity contribution in [1.82, 2.24) is 10.2 Å². The number of carbonyl (C=O) groups is 1. The summed E-state index contributed by atoms with van der Waals surface area (Å²) < 4.78 is 62.2. The summed E-state index contributed by atoms with van der Waals surface area (Å²) in [4.78, 5) is 16.1. The minimum absolute atomic E-state index is 0.107. The van der Waals surface area contributed by atoms with Gasteiger partial charge in [0, 0.05) is 15.4 Å². The molecule has 1 aromatic heterocycles. The van der Waals surface area contributed by atoms with Crippen molar-refractivity contribution in [1.29, 1.82) is 0 Å². The largest absolute Gasteiger partial charge is 0.493 e. The van der Waals surface area contributed by atoms with Crippen molar-refractivity contribution >= 4 is 40.8 Å². The van der Waals surface area contributed by atoms with E-state index in [-0.39, 0.29) is 22.6 Å². The molecule has 202 valence electrons. The second kappa shape index (κ2) is 10.7. The van der Waals surface area contributed by atoms with Gasteiger partial charge in [0.25, 0.3) is 5.22 Å². The highest BCUT2D eigenvalue weighted by Gasteiger charge is 2.35. The quantitative estimate of drug-likeness (QED) is 0.223. The number of carbonyl (C=O) groups excluding carboxylic acids is 1. The van der Waals surface area contributed by atoms with Gasteiger partial charge in [0.15, 0.2) is 11.5 Å². The molecule has 0 atom stereocenters. The van der Waals surface area contributed by atoms with E-state index in [1.165, 1.54) is 44.1 Å². The molecular formula is C26H20F3N3O5S2. The number of rotatable bonds is 7. The van der Waals surface area contributed by atoms with E-state index in [1.807, 2.05) is 6.07 Å². The molecular weight excluding hydrogens is 555 g/mol. The lowest BCUT2D eigenvalue weighted by molar-refractivity contribution is -0.137. The van der Waals surface area contributed by atoms with E-state index in [1.54, 1.807) is 30.3 Å². The fourth-order valence-corrected chi connectivity index (χ4v) is 5.63. The van der Waals surface area contributed by atoms with Gasteiger partial charge in [-0.05, 0) is 42.5 Å². The lowest BCUT2D eigenvalue weighted by Crippen LogP contribution is -2.30. The molecule has 0 spiro atoms. The molecule has 0 aliphatic carbocycles. The SMILES string of the molecule is COc1cc(-c2nnc(SCC(=O)N3c4ccccc4Sc4ccc(C(F)(F)F)cc43)o2)cc(OC)c1OC. The number of thioether (sulfide) groups is 1. The summed E-state index contributed by atoms with van der Waals surface area (Å²) in [5.74, 6) is 0.745. The molecule has 1 amide bonds. The van der Waals surface area contributed by atoms with Crippen molar-refractivity contribution in [3.63, 3.8) is 0 Å². The highest BCUT2D eigenvalue weighted by molar-refractivity contribution is 8.00. The van der Waals surface area contributed by atoms with Crippen molar-refractivity contribution in [2.75, 3.05) is 32.0 Å². The number of fused-ring (bicyclic) bond motifs is 2. The van der Waals surface area contributed by atoms with Gasteiger partial charge in [0.1, 0.15) is 0 Å². The molecule has 8 nitrogen and oxygen atoms in total. The van der Waals surface area contributed by atoms with Crippen LogP contribution in [0.3, 0.4) is 0 Å². The molecule has 0 unspecified atom stereocenters. The first kappa shape index (κ1) is 26.8. The van der Waals surface area contributed by atoms with Crippen LogP contribution in [-0.4, -0.2) is 43.2 Å². The molecule has 3 aromatic carbocycles. The Balaban J connectivity index is 1.40. The van der Waals surface area contributed by atoms with Crippen LogP contribution >= 0.6 is 23.5 Å². The van der Waals surface area contributed by atoms with Crippen LogP contribution in [0.15, 0.2) is 74.0 Å². The summed E-state index contributed by atoms with van der Waals surface area (Å²) in [5.41, 5.74) is 0.343. The number of ether oxygens (including phenoxy) is 3. The zero-order valence-corrected chi connectivity index (χ0v) is 22.4. The molecule has 0 saturated heterocycles. The summed E-state index contributed by atoms with van der Waals surface area (Å²) in [6.07, 6.45) is -4.55. The minimum atomic E-state index is -4.55. The summed E-state index contributed by atoms with van der Waals surface area (Å²) in [7, 11) is 4.45. The number of amides is 1. The number of hydrogen-bond donors (Lipinski definition) is 0. The Morgan fingerprint density at radius 2 is 1.64 bits per heavy atom. The van der Waals surface area contributed by atoms with Crippen LogP contribution in [-0.2, 0) is 11.0 Å². The minimum Gasteiger partial charge on any atom is -0.493 e. The number of aromatic nitrogens is 2. The number of para-hydroxylation sites is 1. The Morgan fingerprint density at radius 3 is 2.31 bits per heavy atom. The summed E-state index contributed by atoms with van der Waals surface area (Å²) >= 11 is 2.29. The maximum absolute atomic E-state index is 13.5. The Hall–Kier alpha value is -3.84. The van der Waals surface area contributed by atoms with Crippen LogP contribution in [0.1, 0.15) is 5.56 Å². The van der Waals surface area contributed by atoms with Crippen LogP contribution < -0.4 is 19.1 Å². The summed E-state index contributed by atoms with van der Waals surface area (Å²) in [6.45, 7) is 0. The molecule has 0 N–H and O–H groups in total. The Kier molecular flexibility index (Phi) is 7.36. The van der Waals surface area contributed by atoms with Crippen molar-refractivity contribution in [2.45, 2.75) is 21.2 Å². The maximum atomic E-state index is 13.5. The van der Waals surface area contributed by atoms with Crippen molar-refractivity contribution in [3.05, 3.63) is 60.2 Å². The molecule has 13 heteroatoms. The molecule has 2 heterocycles. The van der Waals surface area contributed by atoms with Crippen molar-refractivity contribution in [3.8, 4) is 28.7 Å². The van der Waals surface area contributed by atoms with E-state index in [2.05, 4.69) is 10.2 Å². The molecule has 5 rings (SSSR count). The lowest BCUT2D eigenvalue weighted by atomic mass is 10.1. The van der Waals surface area contributed by atoms with Gasteiger partial charge in [-0.25, -0.2) is 0 Å². The normalized spacial score (nSPS) is 12.5. The van der Waals surface area contributed by atoms with E-state index in [0.717, 1.165) is 28.8 Å². The number of nitrogens with zero attached hydrogens (tertiary/aromatic N) is 3. The molecule has 1 aliphatic heterocycles. The van der Waals surface area contributed by atoms with Gasteiger partial charge in [0.05, 0.1) is 44.0 Å². The maximum Gasteiger partial charge on any atom is 0.416 e. The third-order valence-electron chi connectivity index (χ3n) is 5.74. The van der Waals surface area contributed by atoms with E-state index < -0.39 is 17.6 Å². The van der Waals surface area contributed by atoms with E-state index in [4.69, 9.17) is 18.6 Å². The van der Waals surface area contributed by atoms with Crippen molar-refractivity contribution in [2.24, 2.45) is 0 Å². The Labute approximate surface area is 229 Å². The zero-order chi connectivity index (χ0) is 27.7. The number of halogens is 3. The molecule has 0 fully saturated rings. The molecule has 0 radical (unpaired) electrons.